The van der Waals surface area contributed by atoms with Crippen molar-refractivity contribution in [2.24, 2.45) is 9.98 Å². The molecule has 7 nitrogen and oxygen atoms in total. The van der Waals surface area contributed by atoms with Gasteiger partial charge in [-0.15, -0.1) is 0 Å². The fourth-order valence-corrected chi connectivity index (χ4v) is 3.27. The zero-order chi connectivity index (χ0) is 21.2. The first-order chi connectivity index (χ1) is 14.0. The lowest BCUT2D eigenvalue weighted by atomic mass is 10.0. The molecule has 1 aromatic heterocycles. The lowest BCUT2D eigenvalue weighted by molar-refractivity contribution is 0.0676. The molecule has 1 aliphatic heterocycles. The van der Waals surface area contributed by atoms with Crippen molar-refractivity contribution in [2.45, 2.75) is 26.3 Å². The van der Waals surface area contributed by atoms with Crippen LogP contribution in [0.1, 0.15) is 36.7 Å². The Labute approximate surface area is 178 Å². The van der Waals surface area contributed by atoms with Crippen LogP contribution in [0.25, 0.3) is 5.70 Å². The van der Waals surface area contributed by atoms with Gasteiger partial charge in [0.05, 0.1) is 25.0 Å². The highest BCUT2D eigenvalue weighted by Gasteiger charge is 2.18. The fraction of sp³-hybridized carbons (Fsp3) is 0.476. The highest BCUT2D eigenvalue weighted by molar-refractivity contribution is 6.32. The number of aryl methyl sites for hydroxylation is 1. The van der Waals surface area contributed by atoms with Crippen LogP contribution in [0, 0.1) is 0 Å². The quantitative estimate of drug-likeness (QED) is 0.526. The summed E-state index contributed by atoms with van der Waals surface area (Å²) in [7, 11) is 3.78. The van der Waals surface area contributed by atoms with Gasteiger partial charge in [0, 0.05) is 42.6 Å². The SMILES string of the molecule is C=NC(=N/C(=C(\C)Cl)c1cc(C(/C=C\NC)NC)cnc1CC)N1CCOCC1. The molecule has 0 amide bonds. The summed E-state index contributed by atoms with van der Waals surface area (Å²) in [6.07, 6.45) is 6.60. The van der Waals surface area contributed by atoms with Crippen LogP contribution in [0.2, 0.25) is 0 Å². The van der Waals surface area contributed by atoms with Gasteiger partial charge in [-0.2, -0.15) is 0 Å². The van der Waals surface area contributed by atoms with E-state index in [1.165, 1.54) is 0 Å². The third-order valence-corrected chi connectivity index (χ3v) is 4.86. The predicted octanol–water partition coefficient (Wildman–Crippen LogP) is 2.95. The zero-order valence-corrected chi connectivity index (χ0v) is 18.5. The van der Waals surface area contributed by atoms with E-state index in [2.05, 4.69) is 45.2 Å². The summed E-state index contributed by atoms with van der Waals surface area (Å²) in [5, 5.41) is 6.89. The summed E-state index contributed by atoms with van der Waals surface area (Å²) in [5.41, 5.74) is 3.53. The Balaban J connectivity index is 2.52. The second-order valence-corrected chi connectivity index (χ2v) is 7.15. The minimum absolute atomic E-state index is 0.0108. The van der Waals surface area contributed by atoms with Crippen LogP contribution >= 0.6 is 11.6 Å². The van der Waals surface area contributed by atoms with Crippen LogP contribution in [-0.2, 0) is 11.2 Å². The molecule has 29 heavy (non-hydrogen) atoms. The van der Waals surface area contributed by atoms with Gasteiger partial charge in [0.1, 0.15) is 0 Å². The molecule has 2 heterocycles. The molecule has 0 bridgehead atoms. The van der Waals surface area contributed by atoms with Crippen molar-refractivity contribution >= 4 is 30.0 Å². The van der Waals surface area contributed by atoms with Gasteiger partial charge in [-0.3, -0.25) is 4.98 Å². The fourth-order valence-electron chi connectivity index (χ4n) is 3.12. The molecule has 8 heteroatoms. The Kier molecular flexibility index (Phi) is 9.31. The molecule has 0 saturated carbocycles. The topological polar surface area (TPSA) is 74.1 Å². The van der Waals surface area contributed by atoms with E-state index in [4.69, 9.17) is 21.3 Å². The summed E-state index contributed by atoms with van der Waals surface area (Å²) in [6.45, 7) is 10.4. The molecule has 0 aromatic carbocycles. The van der Waals surface area contributed by atoms with Crippen molar-refractivity contribution in [3.8, 4) is 0 Å². The summed E-state index contributed by atoms with van der Waals surface area (Å²) >= 11 is 6.50. The lowest BCUT2D eigenvalue weighted by Gasteiger charge is -2.27. The second-order valence-electron chi connectivity index (χ2n) is 6.58. The second kappa shape index (κ2) is 11.7. The third kappa shape index (κ3) is 6.13. The van der Waals surface area contributed by atoms with E-state index < -0.39 is 0 Å². The highest BCUT2D eigenvalue weighted by atomic mass is 35.5. The first kappa shape index (κ1) is 23.1. The van der Waals surface area contributed by atoms with Gasteiger partial charge in [-0.05, 0) is 51.0 Å². The van der Waals surface area contributed by atoms with Gasteiger partial charge >= 0.3 is 0 Å². The predicted molar refractivity (Wildman–Crippen MR) is 121 cm³/mol. The summed E-state index contributed by atoms with van der Waals surface area (Å²) in [5.74, 6) is 0.552. The summed E-state index contributed by atoms with van der Waals surface area (Å²) in [4.78, 5) is 15.7. The molecular formula is C21H31ClN6O. The van der Waals surface area contributed by atoms with Gasteiger partial charge in [-0.1, -0.05) is 18.5 Å². The van der Waals surface area contributed by atoms with Crippen molar-refractivity contribution in [1.29, 1.82) is 0 Å². The first-order valence-corrected chi connectivity index (χ1v) is 10.2. The summed E-state index contributed by atoms with van der Waals surface area (Å²) < 4.78 is 5.43. The lowest BCUT2D eigenvalue weighted by Crippen LogP contribution is -2.40. The largest absolute Gasteiger partial charge is 0.394 e. The molecule has 1 unspecified atom stereocenters. The maximum Gasteiger partial charge on any atom is 0.225 e. The Morgan fingerprint density at radius 3 is 2.69 bits per heavy atom. The van der Waals surface area contributed by atoms with Crippen molar-refractivity contribution in [2.75, 3.05) is 40.4 Å². The van der Waals surface area contributed by atoms with Gasteiger partial charge in [0.2, 0.25) is 5.96 Å². The minimum atomic E-state index is 0.0108. The van der Waals surface area contributed by atoms with E-state index >= 15 is 0 Å². The van der Waals surface area contributed by atoms with E-state index in [-0.39, 0.29) is 6.04 Å². The molecule has 1 aliphatic rings. The van der Waals surface area contributed by atoms with Gasteiger partial charge < -0.3 is 20.3 Å². The standard InChI is InChI=1S/C21H31ClN6O/c1-6-18-17(13-16(14-26-18)19(24-4)7-8-23-3)20(15(2)22)27-21(25-5)28-9-11-29-12-10-28/h7-8,13-14,19,23-24H,5-6,9-12H2,1-4H3/b8-7-,20-15+,27-21?. The number of hydrogen-bond donors (Lipinski definition) is 2. The minimum Gasteiger partial charge on any atom is -0.394 e. The number of guanidine groups is 1. The molecule has 2 N–H and O–H groups in total. The molecule has 158 valence electrons. The van der Waals surface area contributed by atoms with Gasteiger partial charge in [0.25, 0.3) is 0 Å². The number of allylic oxidation sites excluding steroid dienone is 1. The number of aliphatic imine (C=N–C) groups is 2. The van der Waals surface area contributed by atoms with Crippen LogP contribution < -0.4 is 10.6 Å². The van der Waals surface area contributed by atoms with Gasteiger partial charge in [0.15, 0.2) is 0 Å². The molecule has 1 atom stereocenters. The van der Waals surface area contributed by atoms with Crippen LogP contribution in [0.4, 0.5) is 0 Å². The molecule has 1 saturated heterocycles. The Morgan fingerprint density at radius 2 is 2.14 bits per heavy atom. The van der Waals surface area contributed by atoms with Crippen molar-refractivity contribution in [1.82, 2.24) is 20.5 Å². The number of ether oxygens (including phenoxy) is 1. The van der Waals surface area contributed by atoms with Gasteiger partial charge in [-0.25, -0.2) is 9.98 Å². The third-order valence-electron chi connectivity index (χ3n) is 4.68. The molecule has 1 aromatic rings. The highest BCUT2D eigenvalue weighted by Crippen LogP contribution is 2.29. The number of nitrogens with zero attached hydrogens (tertiary/aromatic N) is 4. The van der Waals surface area contributed by atoms with Crippen molar-refractivity contribution < 1.29 is 4.74 Å². The Hall–Kier alpha value is -2.22. The normalized spacial score (nSPS) is 17.3. The van der Waals surface area contributed by atoms with Crippen molar-refractivity contribution in [3.05, 3.63) is 46.4 Å². The number of pyridine rings is 1. The molecule has 2 rings (SSSR count). The average molecular weight is 419 g/mol. The molecular weight excluding hydrogens is 388 g/mol. The molecule has 0 spiro atoms. The maximum absolute atomic E-state index is 6.50. The van der Waals surface area contributed by atoms with E-state index in [0.717, 1.165) is 36.3 Å². The number of morpholine rings is 1. The number of aromatic nitrogens is 1. The Bertz CT molecular complexity index is 779. The number of nitrogens with one attached hydrogen (secondary N) is 2. The van der Waals surface area contributed by atoms with E-state index in [1.54, 1.807) is 0 Å². The molecule has 0 radical (unpaired) electrons. The van der Waals surface area contributed by atoms with Crippen molar-refractivity contribution in [3.63, 3.8) is 0 Å². The molecule has 1 fully saturated rings. The average Bonchev–Trinajstić information content (AvgIpc) is 2.75. The first-order valence-electron chi connectivity index (χ1n) is 9.80. The monoisotopic (exact) mass is 418 g/mol. The van der Waals surface area contributed by atoms with E-state index in [1.807, 2.05) is 39.5 Å². The van der Waals surface area contributed by atoms with E-state index in [9.17, 15) is 0 Å². The number of rotatable bonds is 7. The Morgan fingerprint density at radius 1 is 1.41 bits per heavy atom. The number of hydrogen-bond acceptors (Lipinski definition) is 5. The smallest absolute Gasteiger partial charge is 0.225 e. The number of likely N-dealkylation sites (N-methyl/N-ethyl adjacent to an activating group) is 1. The van der Waals surface area contributed by atoms with Crippen LogP contribution in [0.5, 0.6) is 0 Å². The van der Waals surface area contributed by atoms with Crippen LogP contribution in [0.15, 0.2) is 39.6 Å². The zero-order valence-electron chi connectivity index (χ0n) is 17.7. The molecule has 0 aliphatic carbocycles. The van der Waals surface area contributed by atoms with E-state index in [0.29, 0.717) is 29.9 Å². The summed E-state index contributed by atoms with van der Waals surface area (Å²) in [6, 6.07) is 2.11. The van der Waals surface area contributed by atoms with Crippen LogP contribution in [0.3, 0.4) is 0 Å². The van der Waals surface area contributed by atoms with Crippen LogP contribution in [-0.4, -0.2) is 63.0 Å². The maximum atomic E-state index is 6.50. The number of halogens is 1.